The first-order chi connectivity index (χ1) is 13.6. The molecule has 144 valence electrons. The number of hydrogen-bond donors (Lipinski definition) is 1. The molecule has 0 aliphatic carbocycles. The summed E-state index contributed by atoms with van der Waals surface area (Å²) in [6, 6.07) is 14.1. The van der Waals surface area contributed by atoms with Crippen LogP contribution in [0.1, 0.15) is 39.6 Å². The summed E-state index contributed by atoms with van der Waals surface area (Å²) in [6.45, 7) is 3.20. The molecular formula is C22H22FN3O2. The molecule has 3 aromatic rings. The monoisotopic (exact) mass is 379 g/mol. The summed E-state index contributed by atoms with van der Waals surface area (Å²) in [4.78, 5) is 15.0. The lowest BCUT2D eigenvalue weighted by Gasteiger charge is -2.26. The van der Waals surface area contributed by atoms with E-state index in [9.17, 15) is 9.18 Å². The predicted molar refractivity (Wildman–Crippen MR) is 105 cm³/mol. The van der Waals surface area contributed by atoms with Crippen LogP contribution >= 0.6 is 0 Å². The van der Waals surface area contributed by atoms with E-state index in [4.69, 9.17) is 4.74 Å². The van der Waals surface area contributed by atoms with Gasteiger partial charge in [0.1, 0.15) is 11.5 Å². The van der Waals surface area contributed by atoms with Crippen LogP contribution in [0.2, 0.25) is 0 Å². The number of aromatic amines is 1. The molecule has 1 N–H and O–H groups in total. The molecule has 1 unspecified atom stereocenters. The zero-order valence-electron chi connectivity index (χ0n) is 15.9. The summed E-state index contributed by atoms with van der Waals surface area (Å²) in [5, 5.41) is 7.31. The zero-order valence-corrected chi connectivity index (χ0v) is 15.9. The van der Waals surface area contributed by atoms with E-state index < -0.39 is 0 Å². The van der Waals surface area contributed by atoms with Crippen molar-refractivity contribution in [3.8, 4) is 11.3 Å². The van der Waals surface area contributed by atoms with Crippen molar-refractivity contribution in [2.45, 2.75) is 19.4 Å². The van der Waals surface area contributed by atoms with Crippen LogP contribution in [0.15, 0.2) is 48.5 Å². The third-order valence-corrected chi connectivity index (χ3v) is 5.12. The minimum Gasteiger partial charge on any atom is -0.385 e. The van der Waals surface area contributed by atoms with E-state index in [2.05, 4.69) is 10.2 Å². The summed E-state index contributed by atoms with van der Waals surface area (Å²) in [5.74, 6) is -0.374. The predicted octanol–water partition coefficient (Wildman–Crippen LogP) is 4.11. The van der Waals surface area contributed by atoms with Gasteiger partial charge in [-0.25, -0.2) is 4.39 Å². The Kier molecular flexibility index (Phi) is 4.96. The Bertz CT molecular complexity index is 980. The molecule has 0 saturated carbocycles. The lowest BCUT2D eigenvalue weighted by molar-refractivity contribution is 0.0723. The quantitative estimate of drug-likeness (QED) is 0.656. The highest BCUT2D eigenvalue weighted by molar-refractivity contribution is 6.00. The smallest absolute Gasteiger partial charge is 0.273 e. The molecule has 0 saturated heterocycles. The van der Waals surface area contributed by atoms with Crippen LogP contribution in [0.3, 0.4) is 0 Å². The molecule has 1 amide bonds. The van der Waals surface area contributed by atoms with Gasteiger partial charge in [0.15, 0.2) is 0 Å². The second-order valence-electron chi connectivity index (χ2n) is 7.03. The lowest BCUT2D eigenvalue weighted by atomic mass is 9.95. The number of nitrogens with one attached hydrogen (secondary N) is 1. The fraction of sp³-hybridized carbons (Fsp3) is 0.273. The van der Waals surface area contributed by atoms with Crippen molar-refractivity contribution in [2.75, 3.05) is 20.3 Å². The third-order valence-electron chi connectivity index (χ3n) is 5.12. The Labute approximate surface area is 163 Å². The van der Waals surface area contributed by atoms with Crippen molar-refractivity contribution in [3.63, 3.8) is 0 Å². The van der Waals surface area contributed by atoms with Gasteiger partial charge in [0, 0.05) is 31.4 Å². The summed E-state index contributed by atoms with van der Waals surface area (Å²) in [6.07, 6.45) is 0.744. The van der Waals surface area contributed by atoms with E-state index in [1.165, 1.54) is 12.1 Å². The summed E-state index contributed by atoms with van der Waals surface area (Å²) < 4.78 is 18.5. The molecule has 0 radical (unpaired) electrons. The zero-order chi connectivity index (χ0) is 19.7. The molecule has 4 rings (SSSR count). The second-order valence-corrected chi connectivity index (χ2v) is 7.03. The number of nitrogens with zero attached hydrogens (tertiary/aromatic N) is 2. The summed E-state index contributed by atoms with van der Waals surface area (Å²) in [5.41, 5.74) is 5.00. The number of hydrogen-bond acceptors (Lipinski definition) is 3. The number of benzene rings is 2. The van der Waals surface area contributed by atoms with Gasteiger partial charge in [0.2, 0.25) is 0 Å². The number of ether oxygens (including phenoxy) is 1. The van der Waals surface area contributed by atoms with Gasteiger partial charge in [0.05, 0.1) is 11.7 Å². The van der Waals surface area contributed by atoms with Crippen molar-refractivity contribution in [1.29, 1.82) is 0 Å². The molecule has 0 fully saturated rings. The number of carbonyl (C=O) groups is 1. The highest BCUT2D eigenvalue weighted by Gasteiger charge is 2.41. The van der Waals surface area contributed by atoms with Gasteiger partial charge in [-0.3, -0.25) is 9.89 Å². The molecule has 2 aromatic carbocycles. The maximum atomic E-state index is 13.4. The van der Waals surface area contributed by atoms with E-state index in [0.717, 1.165) is 28.7 Å². The van der Waals surface area contributed by atoms with Gasteiger partial charge in [-0.15, -0.1) is 0 Å². The average Bonchev–Trinajstić information content (AvgIpc) is 3.23. The molecule has 2 heterocycles. The van der Waals surface area contributed by atoms with Gasteiger partial charge in [-0.05, 0) is 43.2 Å². The van der Waals surface area contributed by atoms with Crippen LogP contribution in [-0.4, -0.2) is 41.3 Å². The van der Waals surface area contributed by atoms with Crippen LogP contribution in [-0.2, 0) is 4.74 Å². The number of fused-ring (bicyclic) bond motifs is 1. The number of halogens is 1. The largest absolute Gasteiger partial charge is 0.385 e. The van der Waals surface area contributed by atoms with Gasteiger partial charge >= 0.3 is 0 Å². The number of amides is 1. The molecule has 1 aliphatic rings. The first-order valence-electron chi connectivity index (χ1n) is 9.31. The number of carbonyl (C=O) groups excluding carboxylic acids is 1. The van der Waals surface area contributed by atoms with Crippen LogP contribution in [0.5, 0.6) is 0 Å². The van der Waals surface area contributed by atoms with E-state index >= 15 is 0 Å². The summed E-state index contributed by atoms with van der Waals surface area (Å²) >= 11 is 0. The van der Waals surface area contributed by atoms with Crippen molar-refractivity contribution >= 4 is 5.91 Å². The number of aryl methyl sites for hydroxylation is 1. The Morgan fingerprint density at radius 2 is 1.86 bits per heavy atom. The minimum atomic E-state index is -0.303. The Morgan fingerprint density at radius 1 is 1.14 bits per heavy atom. The van der Waals surface area contributed by atoms with Gasteiger partial charge in [-0.1, -0.05) is 29.8 Å². The van der Waals surface area contributed by atoms with Crippen LogP contribution in [0, 0.1) is 12.7 Å². The van der Waals surface area contributed by atoms with Crippen molar-refractivity contribution < 1.29 is 13.9 Å². The number of rotatable bonds is 6. The standard InChI is InChI=1S/C22H22FN3O2/c1-14-4-6-16(7-5-14)21-18-19(15-8-10-17(23)11-9-15)24-25-20(18)22(27)26(21)12-3-13-28-2/h4-11,21H,3,12-13H2,1-2H3,(H,24,25). The van der Waals surface area contributed by atoms with E-state index in [1.807, 2.05) is 36.1 Å². The SMILES string of the molecule is COCCCN1C(=O)c2[nH]nc(-c3ccc(F)cc3)c2C1c1ccc(C)cc1. The lowest BCUT2D eigenvalue weighted by Crippen LogP contribution is -2.31. The van der Waals surface area contributed by atoms with Crippen molar-refractivity contribution in [3.05, 3.63) is 76.7 Å². The average molecular weight is 379 g/mol. The molecule has 0 bridgehead atoms. The minimum absolute atomic E-state index is 0.0717. The highest BCUT2D eigenvalue weighted by atomic mass is 19.1. The first-order valence-corrected chi connectivity index (χ1v) is 9.31. The molecule has 1 aromatic heterocycles. The molecule has 1 aliphatic heterocycles. The molecule has 5 nitrogen and oxygen atoms in total. The second kappa shape index (κ2) is 7.56. The Morgan fingerprint density at radius 3 is 2.54 bits per heavy atom. The molecule has 0 spiro atoms. The van der Waals surface area contributed by atoms with Gasteiger partial charge < -0.3 is 9.64 Å². The molecule has 6 heteroatoms. The normalized spacial score (nSPS) is 15.9. The summed E-state index contributed by atoms with van der Waals surface area (Å²) in [7, 11) is 1.66. The maximum absolute atomic E-state index is 13.4. The molecule has 1 atom stereocenters. The fourth-order valence-electron chi connectivity index (χ4n) is 3.73. The fourth-order valence-corrected chi connectivity index (χ4v) is 3.73. The molecule has 28 heavy (non-hydrogen) atoms. The molecular weight excluding hydrogens is 357 g/mol. The van der Waals surface area contributed by atoms with E-state index in [-0.39, 0.29) is 17.8 Å². The number of H-pyrrole nitrogens is 1. The Hall–Kier alpha value is -2.99. The number of aromatic nitrogens is 2. The van der Waals surface area contributed by atoms with Crippen LogP contribution in [0.4, 0.5) is 4.39 Å². The van der Waals surface area contributed by atoms with Crippen molar-refractivity contribution in [1.82, 2.24) is 15.1 Å². The van der Waals surface area contributed by atoms with E-state index in [0.29, 0.717) is 24.5 Å². The number of methoxy groups -OCH3 is 1. The van der Waals surface area contributed by atoms with Gasteiger partial charge in [-0.2, -0.15) is 5.10 Å². The van der Waals surface area contributed by atoms with Gasteiger partial charge in [0.25, 0.3) is 5.91 Å². The van der Waals surface area contributed by atoms with E-state index in [1.54, 1.807) is 19.2 Å². The first kappa shape index (κ1) is 18.4. The topological polar surface area (TPSA) is 58.2 Å². The third kappa shape index (κ3) is 3.20. The Balaban J connectivity index is 1.80. The van der Waals surface area contributed by atoms with Crippen molar-refractivity contribution in [2.24, 2.45) is 0 Å². The highest BCUT2D eigenvalue weighted by Crippen LogP contribution is 2.42. The maximum Gasteiger partial charge on any atom is 0.273 e. The van der Waals surface area contributed by atoms with Crippen LogP contribution < -0.4 is 0 Å². The van der Waals surface area contributed by atoms with Crippen LogP contribution in [0.25, 0.3) is 11.3 Å².